The second-order valence-electron chi connectivity index (χ2n) is 3.17. The molecule has 2 nitrogen and oxygen atoms in total. The Morgan fingerprint density at radius 2 is 2.45 bits per heavy atom. The number of allylic oxidation sites excluding steroid dienone is 2. The van der Waals surface area contributed by atoms with Crippen molar-refractivity contribution in [3.05, 3.63) is 11.8 Å². The van der Waals surface area contributed by atoms with Gasteiger partial charge in [-0.05, 0) is 25.2 Å². The summed E-state index contributed by atoms with van der Waals surface area (Å²) < 4.78 is 0. The minimum absolute atomic E-state index is 0.0463. The topological polar surface area (TPSA) is 29.1 Å². The summed E-state index contributed by atoms with van der Waals surface area (Å²) >= 11 is 0. The van der Waals surface area contributed by atoms with E-state index in [4.69, 9.17) is 0 Å². The molecule has 0 fully saturated rings. The van der Waals surface area contributed by atoms with Gasteiger partial charge in [-0.15, -0.1) is 0 Å². The van der Waals surface area contributed by atoms with Crippen molar-refractivity contribution in [3.63, 3.8) is 0 Å². The number of carbonyl (C=O) groups excluding carboxylic acids is 1. The third-order valence-electron chi connectivity index (χ3n) is 2.06. The molecule has 0 spiro atoms. The Morgan fingerprint density at radius 3 is 3.00 bits per heavy atom. The van der Waals surface area contributed by atoms with E-state index in [0.717, 1.165) is 12.1 Å². The van der Waals surface area contributed by atoms with Gasteiger partial charge in [0, 0.05) is 12.6 Å². The predicted molar refractivity (Wildman–Crippen MR) is 44.9 cm³/mol. The summed E-state index contributed by atoms with van der Waals surface area (Å²) in [6.45, 7) is 3.71. The van der Waals surface area contributed by atoms with Crippen LogP contribution in [-0.4, -0.2) is 5.91 Å². The third kappa shape index (κ3) is 2.37. The molecule has 11 heavy (non-hydrogen) atoms. The van der Waals surface area contributed by atoms with Gasteiger partial charge >= 0.3 is 0 Å². The molecule has 0 heterocycles. The molecule has 1 rings (SSSR count). The van der Waals surface area contributed by atoms with Gasteiger partial charge in [0.25, 0.3) is 0 Å². The van der Waals surface area contributed by atoms with Crippen LogP contribution in [0.15, 0.2) is 11.8 Å². The van der Waals surface area contributed by atoms with Crippen molar-refractivity contribution in [1.82, 2.24) is 5.32 Å². The fourth-order valence-corrected chi connectivity index (χ4v) is 1.42. The molecule has 1 N–H and O–H groups in total. The van der Waals surface area contributed by atoms with Crippen molar-refractivity contribution in [1.29, 1.82) is 0 Å². The van der Waals surface area contributed by atoms with Gasteiger partial charge in [-0.25, -0.2) is 0 Å². The van der Waals surface area contributed by atoms with Crippen molar-refractivity contribution < 1.29 is 4.79 Å². The predicted octanol–water partition coefficient (Wildman–Crippen LogP) is 1.83. The fourth-order valence-electron chi connectivity index (χ4n) is 1.42. The average molecular weight is 153 g/mol. The van der Waals surface area contributed by atoms with Crippen molar-refractivity contribution in [2.75, 3.05) is 0 Å². The summed E-state index contributed by atoms with van der Waals surface area (Å²) in [6, 6.07) is 0. The first-order valence-corrected chi connectivity index (χ1v) is 4.18. The van der Waals surface area contributed by atoms with E-state index in [0.29, 0.717) is 5.92 Å². The van der Waals surface area contributed by atoms with Crippen molar-refractivity contribution in [2.45, 2.75) is 33.1 Å². The van der Waals surface area contributed by atoms with Crippen molar-refractivity contribution >= 4 is 5.91 Å². The van der Waals surface area contributed by atoms with E-state index in [1.165, 1.54) is 12.8 Å². The van der Waals surface area contributed by atoms with E-state index < -0.39 is 0 Å². The first kappa shape index (κ1) is 8.31. The van der Waals surface area contributed by atoms with E-state index in [-0.39, 0.29) is 5.91 Å². The molecule has 1 atom stereocenters. The minimum atomic E-state index is 0.0463. The van der Waals surface area contributed by atoms with E-state index >= 15 is 0 Å². The lowest BCUT2D eigenvalue weighted by atomic mass is 9.94. The van der Waals surface area contributed by atoms with Crippen LogP contribution in [0.5, 0.6) is 0 Å². The molecule has 62 valence electrons. The second-order valence-corrected chi connectivity index (χ2v) is 3.17. The third-order valence-corrected chi connectivity index (χ3v) is 2.06. The van der Waals surface area contributed by atoms with Crippen LogP contribution in [0, 0.1) is 5.92 Å². The second kappa shape index (κ2) is 3.56. The number of nitrogens with one attached hydrogen (secondary N) is 1. The molecule has 1 aliphatic rings. The van der Waals surface area contributed by atoms with Gasteiger partial charge in [-0.3, -0.25) is 4.79 Å². The first-order chi connectivity index (χ1) is 5.20. The Hall–Kier alpha value is -0.790. The average Bonchev–Trinajstić information content (AvgIpc) is 1.93. The highest BCUT2D eigenvalue weighted by molar-refractivity contribution is 5.74. The Morgan fingerprint density at radius 1 is 1.73 bits per heavy atom. The number of hydrogen-bond acceptors (Lipinski definition) is 1. The largest absolute Gasteiger partial charge is 0.330 e. The van der Waals surface area contributed by atoms with E-state index in [1.54, 1.807) is 6.92 Å². The molecular weight excluding hydrogens is 138 g/mol. The Kier molecular flexibility index (Phi) is 2.69. The molecular formula is C9H15NO. The zero-order chi connectivity index (χ0) is 8.27. The summed E-state index contributed by atoms with van der Waals surface area (Å²) in [7, 11) is 0. The number of carbonyl (C=O) groups is 1. The van der Waals surface area contributed by atoms with Crippen LogP contribution in [0.25, 0.3) is 0 Å². The molecule has 0 bridgehead atoms. The molecule has 0 saturated heterocycles. The number of hydrogen-bond donors (Lipinski definition) is 1. The van der Waals surface area contributed by atoms with Gasteiger partial charge in [0.2, 0.25) is 5.91 Å². The molecule has 0 radical (unpaired) electrons. The maximum atomic E-state index is 10.7. The maximum absolute atomic E-state index is 10.7. The molecule has 1 aliphatic carbocycles. The summed E-state index contributed by atoms with van der Waals surface area (Å²) in [6.07, 6.45) is 5.70. The van der Waals surface area contributed by atoms with Gasteiger partial charge in [-0.1, -0.05) is 13.0 Å². The molecule has 0 aromatic rings. The van der Waals surface area contributed by atoms with Gasteiger partial charge in [0.05, 0.1) is 0 Å². The van der Waals surface area contributed by atoms with Crippen LogP contribution in [-0.2, 0) is 4.79 Å². The summed E-state index contributed by atoms with van der Waals surface area (Å²) in [5.74, 6) is 0.581. The summed E-state index contributed by atoms with van der Waals surface area (Å²) in [5, 5.41) is 2.85. The van der Waals surface area contributed by atoms with E-state index in [9.17, 15) is 4.79 Å². The smallest absolute Gasteiger partial charge is 0.220 e. The Balaban J connectivity index is 2.53. The lowest BCUT2D eigenvalue weighted by molar-refractivity contribution is -0.118. The molecule has 0 saturated carbocycles. The standard InChI is InChI=1S/C9H15NO/c1-7-5-3-4-6-9(7)10-8(2)11/h6-7H,3-5H2,1-2H3,(H,10,11). The van der Waals surface area contributed by atoms with Crippen LogP contribution >= 0.6 is 0 Å². The molecule has 1 unspecified atom stereocenters. The van der Waals surface area contributed by atoms with E-state index in [2.05, 4.69) is 18.3 Å². The highest BCUT2D eigenvalue weighted by Gasteiger charge is 2.12. The molecule has 2 heteroatoms. The minimum Gasteiger partial charge on any atom is -0.330 e. The number of amides is 1. The lowest BCUT2D eigenvalue weighted by Crippen LogP contribution is -2.25. The number of rotatable bonds is 1. The summed E-state index contributed by atoms with van der Waals surface area (Å²) in [5.41, 5.74) is 1.11. The quantitative estimate of drug-likeness (QED) is 0.611. The highest BCUT2D eigenvalue weighted by atomic mass is 16.1. The zero-order valence-corrected chi connectivity index (χ0v) is 7.18. The molecule has 1 amide bonds. The van der Waals surface area contributed by atoms with Gasteiger partial charge in [0.15, 0.2) is 0 Å². The molecule has 0 aromatic carbocycles. The maximum Gasteiger partial charge on any atom is 0.220 e. The van der Waals surface area contributed by atoms with Crippen LogP contribution in [0.3, 0.4) is 0 Å². The van der Waals surface area contributed by atoms with Crippen molar-refractivity contribution in [3.8, 4) is 0 Å². The lowest BCUT2D eigenvalue weighted by Gasteiger charge is -2.20. The van der Waals surface area contributed by atoms with Gasteiger partial charge < -0.3 is 5.32 Å². The zero-order valence-electron chi connectivity index (χ0n) is 7.18. The molecule has 0 aliphatic heterocycles. The van der Waals surface area contributed by atoms with Crippen LogP contribution < -0.4 is 5.32 Å². The summed E-state index contributed by atoms with van der Waals surface area (Å²) in [4.78, 5) is 10.7. The monoisotopic (exact) mass is 153 g/mol. The van der Waals surface area contributed by atoms with Gasteiger partial charge in [-0.2, -0.15) is 0 Å². The Labute approximate surface area is 67.7 Å². The SMILES string of the molecule is CC(=O)NC1=CCCCC1C. The van der Waals surface area contributed by atoms with Crippen molar-refractivity contribution in [2.24, 2.45) is 5.92 Å². The van der Waals surface area contributed by atoms with Crippen LogP contribution in [0.4, 0.5) is 0 Å². The highest BCUT2D eigenvalue weighted by Crippen LogP contribution is 2.21. The first-order valence-electron chi connectivity index (χ1n) is 4.18. The molecule has 0 aromatic heterocycles. The van der Waals surface area contributed by atoms with Gasteiger partial charge in [0.1, 0.15) is 0 Å². The normalized spacial score (nSPS) is 24.2. The Bertz CT molecular complexity index is 184. The van der Waals surface area contributed by atoms with Crippen LogP contribution in [0.2, 0.25) is 0 Å². The fraction of sp³-hybridized carbons (Fsp3) is 0.667. The van der Waals surface area contributed by atoms with E-state index in [1.807, 2.05) is 0 Å². The van der Waals surface area contributed by atoms with Crippen LogP contribution in [0.1, 0.15) is 33.1 Å².